The van der Waals surface area contributed by atoms with E-state index in [1.807, 2.05) is 6.92 Å². The maximum Gasteiger partial charge on any atom is 0.246 e. The standard InChI is InChI=1S/C17H36N3O2/c1-14(2)15(21)18-11-16(3,4)20(9,10)13-17(5,22)12-19(6,7)8/h22H,1,11-13H2,2-10H3/q+1/p+1. The minimum Gasteiger partial charge on any atom is -0.379 e. The average molecular weight is 316 g/mol. The number of nitrogens with zero attached hydrogens (tertiary/aromatic N) is 2. The number of aliphatic hydroxyl groups is 1. The van der Waals surface area contributed by atoms with Gasteiger partial charge in [0.25, 0.3) is 0 Å². The van der Waals surface area contributed by atoms with Crippen molar-refractivity contribution in [2.24, 2.45) is 0 Å². The van der Waals surface area contributed by atoms with Gasteiger partial charge in [-0.3, -0.25) is 4.79 Å². The minimum atomic E-state index is -0.780. The van der Waals surface area contributed by atoms with Gasteiger partial charge in [0.05, 0.1) is 41.8 Å². The number of likely N-dealkylation sites (N-methyl/N-ethyl adjacent to an activating group) is 2. The zero-order chi connectivity index (χ0) is 18.0. The largest absolute Gasteiger partial charge is 0.379 e. The van der Waals surface area contributed by atoms with E-state index in [1.54, 1.807) is 6.92 Å². The second-order valence-electron chi connectivity index (χ2n) is 9.06. The topological polar surface area (TPSA) is 49.3 Å². The van der Waals surface area contributed by atoms with Crippen LogP contribution >= 0.6 is 0 Å². The van der Waals surface area contributed by atoms with Crippen LogP contribution in [-0.2, 0) is 4.79 Å². The lowest BCUT2D eigenvalue weighted by molar-refractivity contribution is -0.948. The smallest absolute Gasteiger partial charge is 0.246 e. The van der Waals surface area contributed by atoms with Crippen LogP contribution < -0.4 is 5.32 Å². The Hall–Kier alpha value is -0.910. The molecular formula is C17H37N3O2+2. The summed E-state index contributed by atoms with van der Waals surface area (Å²) in [6.07, 6.45) is 0. The van der Waals surface area contributed by atoms with Gasteiger partial charge < -0.3 is 19.4 Å². The molecule has 1 atom stereocenters. The second kappa shape index (κ2) is 6.69. The fourth-order valence-electron chi connectivity index (χ4n) is 2.80. The maximum atomic E-state index is 11.7. The fraction of sp³-hybridized carbons (Fsp3) is 0.824. The van der Waals surface area contributed by atoms with Gasteiger partial charge in [-0.15, -0.1) is 0 Å². The van der Waals surface area contributed by atoms with Crippen LogP contribution in [0.2, 0.25) is 0 Å². The van der Waals surface area contributed by atoms with Crippen LogP contribution in [0.3, 0.4) is 0 Å². The number of rotatable bonds is 8. The van der Waals surface area contributed by atoms with E-state index >= 15 is 0 Å². The van der Waals surface area contributed by atoms with Crippen LogP contribution in [0.25, 0.3) is 0 Å². The molecule has 5 nitrogen and oxygen atoms in total. The Balaban J connectivity index is 4.96. The van der Waals surface area contributed by atoms with E-state index in [1.165, 1.54) is 0 Å². The lowest BCUT2D eigenvalue weighted by atomic mass is 9.95. The van der Waals surface area contributed by atoms with Crippen molar-refractivity contribution in [3.8, 4) is 0 Å². The van der Waals surface area contributed by atoms with Crippen molar-refractivity contribution >= 4 is 5.91 Å². The minimum absolute atomic E-state index is 0.119. The van der Waals surface area contributed by atoms with Crippen LogP contribution in [0.4, 0.5) is 0 Å². The molecule has 0 saturated heterocycles. The van der Waals surface area contributed by atoms with Crippen molar-refractivity contribution in [2.45, 2.75) is 38.8 Å². The van der Waals surface area contributed by atoms with Gasteiger partial charge in [-0.05, 0) is 27.7 Å². The molecule has 0 aliphatic rings. The predicted octanol–water partition coefficient (Wildman–Crippen LogP) is 0.991. The highest BCUT2D eigenvalue weighted by molar-refractivity contribution is 5.92. The molecule has 0 saturated carbocycles. The molecule has 0 bridgehead atoms. The number of hydrogen-bond donors (Lipinski definition) is 2. The Bertz CT molecular complexity index is 418. The van der Waals surface area contributed by atoms with Crippen molar-refractivity contribution in [3.63, 3.8) is 0 Å². The molecule has 0 aromatic rings. The molecule has 0 aromatic carbocycles. The molecule has 0 rings (SSSR count). The third-order valence-corrected chi connectivity index (χ3v) is 4.26. The molecule has 2 N–H and O–H groups in total. The van der Waals surface area contributed by atoms with E-state index in [0.717, 1.165) is 0 Å². The highest BCUT2D eigenvalue weighted by Gasteiger charge is 2.43. The van der Waals surface area contributed by atoms with Crippen LogP contribution in [0.15, 0.2) is 12.2 Å². The summed E-state index contributed by atoms with van der Waals surface area (Å²) in [4.78, 5) is 11.7. The summed E-state index contributed by atoms with van der Waals surface area (Å²) in [5, 5.41) is 13.7. The molecule has 5 heteroatoms. The average Bonchev–Trinajstić information content (AvgIpc) is 2.19. The summed E-state index contributed by atoms with van der Waals surface area (Å²) in [7, 11) is 10.4. The van der Waals surface area contributed by atoms with Crippen molar-refractivity contribution in [1.29, 1.82) is 0 Å². The summed E-state index contributed by atoms with van der Waals surface area (Å²) in [5.74, 6) is -0.119. The van der Waals surface area contributed by atoms with Gasteiger partial charge >= 0.3 is 0 Å². The zero-order valence-electron chi connectivity index (χ0n) is 16.1. The van der Waals surface area contributed by atoms with Crippen molar-refractivity contribution in [3.05, 3.63) is 12.2 Å². The first-order valence-electron chi connectivity index (χ1n) is 7.79. The lowest BCUT2D eigenvalue weighted by Gasteiger charge is -2.48. The Labute approximate surface area is 136 Å². The van der Waals surface area contributed by atoms with Gasteiger partial charge in [0, 0.05) is 5.57 Å². The van der Waals surface area contributed by atoms with Crippen molar-refractivity contribution in [1.82, 2.24) is 5.32 Å². The van der Waals surface area contributed by atoms with Gasteiger partial charge in [0.1, 0.15) is 18.6 Å². The SMILES string of the molecule is C=C(C)C(=O)NCC(C)(C)[N+](C)(C)CC(C)(O)C[N+](C)(C)C. The number of hydrogen-bond acceptors (Lipinski definition) is 2. The second-order valence-corrected chi connectivity index (χ2v) is 9.06. The molecule has 1 unspecified atom stereocenters. The summed E-state index contributed by atoms with van der Waals surface area (Å²) >= 11 is 0. The van der Waals surface area contributed by atoms with Crippen LogP contribution in [0.5, 0.6) is 0 Å². The molecule has 1 amide bonds. The number of carbonyl (C=O) groups excluding carboxylic acids is 1. The predicted molar refractivity (Wildman–Crippen MR) is 92.4 cm³/mol. The number of nitrogens with one attached hydrogen (secondary N) is 1. The zero-order valence-corrected chi connectivity index (χ0v) is 16.1. The van der Waals surface area contributed by atoms with Crippen molar-refractivity contribution < 1.29 is 18.9 Å². The summed E-state index contributed by atoms with van der Waals surface area (Å²) < 4.78 is 1.32. The van der Waals surface area contributed by atoms with Gasteiger partial charge in [-0.25, -0.2) is 0 Å². The van der Waals surface area contributed by atoms with E-state index in [9.17, 15) is 9.90 Å². The molecular weight excluding hydrogens is 278 g/mol. The quantitative estimate of drug-likeness (QED) is 0.518. The molecule has 0 radical (unpaired) electrons. The Kier molecular flexibility index (Phi) is 6.41. The summed E-state index contributed by atoms with van der Waals surface area (Å²) in [6.45, 7) is 13.3. The highest BCUT2D eigenvalue weighted by atomic mass is 16.3. The molecule has 0 fully saturated rings. The molecule has 0 aromatic heterocycles. The Morgan fingerprint density at radius 1 is 1.09 bits per heavy atom. The third kappa shape index (κ3) is 6.90. The van der Waals surface area contributed by atoms with Crippen molar-refractivity contribution in [2.75, 3.05) is 54.9 Å². The Morgan fingerprint density at radius 3 is 1.91 bits per heavy atom. The van der Waals surface area contributed by atoms with E-state index in [-0.39, 0.29) is 11.4 Å². The first-order chi connectivity index (χ1) is 9.49. The number of carbonyl (C=O) groups is 1. The Morgan fingerprint density at radius 2 is 1.55 bits per heavy atom. The normalized spacial score (nSPS) is 16.1. The monoisotopic (exact) mass is 315 g/mol. The molecule has 0 aliphatic heterocycles. The fourth-order valence-corrected chi connectivity index (χ4v) is 2.80. The summed E-state index contributed by atoms with van der Waals surface area (Å²) in [5.41, 5.74) is -0.477. The third-order valence-electron chi connectivity index (χ3n) is 4.26. The molecule has 0 spiro atoms. The van der Waals surface area contributed by atoms with Crippen LogP contribution in [0.1, 0.15) is 27.7 Å². The van der Waals surface area contributed by atoms with E-state index in [0.29, 0.717) is 34.2 Å². The number of quaternary nitrogens is 2. The van der Waals surface area contributed by atoms with E-state index in [2.05, 4.69) is 61.0 Å². The highest BCUT2D eigenvalue weighted by Crippen LogP contribution is 2.24. The van der Waals surface area contributed by atoms with Crippen LogP contribution in [-0.4, -0.2) is 86.0 Å². The summed E-state index contributed by atoms with van der Waals surface area (Å²) in [6, 6.07) is 0. The first-order valence-corrected chi connectivity index (χ1v) is 7.79. The van der Waals surface area contributed by atoms with E-state index < -0.39 is 5.60 Å². The maximum absolute atomic E-state index is 11.7. The first kappa shape index (κ1) is 21.1. The molecule has 0 aliphatic carbocycles. The van der Waals surface area contributed by atoms with E-state index in [4.69, 9.17) is 0 Å². The number of amides is 1. The van der Waals surface area contributed by atoms with Crippen LogP contribution in [0, 0.1) is 0 Å². The molecule has 0 heterocycles. The van der Waals surface area contributed by atoms with Gasteiger partial charge in [-0.1, -0.05) is 6.58 Å². The van der Waals surface area contributed by atoms with Gasteiger partial charge in [0.2, 0.25) is 5.91 Å². The van der Waals surface area contributed by atoms with Gasteiger partial charge in [-0.2, -0.15) is 0 Å². The lowest BCUT2D eigenvalue weighted by Crippen LogP contribution is -2.66. The molecule has 130 valence electrons. The van der Waals surface area contributed by atoms with Gasteiger partial charge in [0.15, 0.2) is 5.60 Å². The molecule has 22 heavy (non-hydrogen) atoms.